The number of rotatable bonds is 3. The predicted octanol–water partition coefficient (Wildman–Crippen LogP) is 3.60. The van der Waals surface area contributed by atoms with Crippen molar-refractivity contribution in [1.82, 2.24) is 14.7 Å². The van der Waals surface area contributed by atoms with Crippen molar-refractivity contribution in [3.05, 3.63) is 40.3 Å². The summed E-state index contributed by atoms with van der Waals surface area (Å²) in [5.41, 5.74) is 0.341. The van der Waals surface area contributed by atoms with E-state index in [0.717, 1.165) is 25.8 Å². The third-order valence-corrected chi connectivity index (χ3v) is 6.01. The third-order valence-electron chi connectivity index (χ3n) is 6.01. The van der Waals surface area contributed by atoms with E-state index in [1.807, 2.05) is 31.2 Å². The monoisotopic (exact) mass is 353 g/mol. The molecule has 0 bridgehead atoms. The Hall–Kier alpha value is -2.17. The van der Waals surface area contributed by atoms with Gasteiger partial charge in [0.1, 0.15) is 0 Å². The minimum atomic E-state index is -0.104. The molecule has 1 aromatic carbocycles. The second kappa shape index (κ2) is 7.22. The summed E-state index contributed by atoms with van der Waals surface area (Å²) in [5.74, 6) is 0.636. The molecule has 5 heteroatoms. The van der Waals surface area contributed by atoms with Crippen LogP contribution >= 0.6 is 0 Å². The molecule has 2 heterocycles. The highest BCUT2D eigenvalue weighted by Crippen LogP contribution is 2.36. The standard InChI is InChI=1S/C21H27N3O2/c1-2-13-24-20(25)17-11-5-4-10-16(17)19(22-24)21(26)23-14-7-9-15-8-3-6-12-18(15)23/h4-5,10-11,15,18H,2-3,6-9,12-14H2,1H3/t15-,18+/m1/s1. The quantitative estimate of drug-likeness (QED) is 0.847. The molecule has 0 N–H and O–H groups in total. The van der Waals surface area contributed by atoms with Crippen LogP contribution in [0.2, 0.25) is 0 Å². The van der Waals surface area contributed by atoms with E-state index in [1.54, 1.807) is 0 Å². The van der Waals surface area contributed by atoms with E-state index in [0.29, 0.717) is 35.0 Å². The molecule has 4 rings (SSSR count). The zero-order valence-electron chi connectivity index (χ0n) is 15.5. The smallest absolute Gasteiger partial charge is 0.275 e. The van der Waals surface area contributed by atoms with Gasteiger partial charge in [-0.1, -0.05) is 38.0 Å². The van der Waals surface area contributed by atoms with Crippen LogP contribution in [0, 0.1) is 5.92 Å². The largest absolute Gasteiger partial charge is 0.334 e. The van der Waals surface area contributed by atoms with Crippen molar-refractivity contribution in [3.8, 4) is 0 Å². The van der Waals surface area contributed by atoms with Gasteiger partial charge in [0.25, 0.3) is 11.5 Å². The number of carbonyl (C=O) groups is 1. The van der Waals surface area contributed by atoms with Gasteiger partial charge in [0.2, 0.25) is 0 Å². The van der Waals surface area contributed by atoms with Gasteiger partial charge in [-0.2, -0.15) is 5.10 Å². The van der Waals surface area contributed by atoms with Gasteiger partial charge >= 0.3 is 0 Å². The summed E-state index contributed by atoms with van der Waals surface area (Å²) in [5, 5.41) is 5.80. The Morgan fingerprint density at radius 1 is 1.12 bits per heavy atom. The average molecular weight is 353 g/mol. The molecular weight excluding hydrogens is 326 g/mol. The van der Waals surface area contributed by atoms with Crippen molar-refractivity contribution in [1.29, 1.82) is 0 Å². The van der Waals surface area contributed by atoms with Crippen LogP contribution in [-0.2, 0) is 6.54 Å². The SMILES string of the molecule is CCCn1nc(C(=O)N2CCC[C@H]3CCCC[C@@H]32)c2ccccc2c1=O. The van der Waals surface area contributed by atoms with Gasteiger partial charge in [-0.05, 0) is 44.1 Å². The first-order chi connectivity index (χ1) is 12.7. The molecule has 1 saturated carbocycles. The maximum atomic E-state index is 13.5. The lowest BCUT2D eigenvalue weighted by atomic mass is 9.78. The number of carbonyl (C=O) groups excluding carboxylic acids is 1. The number of amides is 1. The zero-order chi connectivity index (χ0) is 18.1. The maximum absolute atomic E-state index is 13.5. The summed E-state index contributed by atoms with van der Waals surface area (Å²) in [4.78, 5) is 28.2. The number of fused-ring (bicyclic) bond motifs is 2. The highest BCUT2D eigenvalue weighted by Gasteiger charge is 2.37. The van der Waals surface area contributed by atoms with Gasteiger partial charge in [0, 0.05) is 24.5 Å². The first-order valence-corrected chi connectivity index (χ1v) is 10.0. The summed E-state index contributed by atoms with van der Waals surface area (Å²) in [6.45, 7) is 3.36. The second-order valence-corrected chi connectivity index (χ2v) is 7.68. The van der Waals surface area contributed by atoms with E-state index < -0.39 is 0 Å². The Morgan fingerprint density at radius 2 is 1.85 bits per heavy atom. The Kier molecular flexibility index (Phi) is 4.79. The van der Waals surface area contributed by atoms with Gasteiger partial charge in [-0.3, -0.25) is 9.59 Å². The third kappa shape index (κ3) is 2.93. The van der Waals surface area contributed by atoms with E-state index in [1.165, 1.54) is 30.4 Å². The van der Waals surface area contributed by atoms with Crippen LogP contribution in [0.5, 0.6) is 0 Å². The number of aryl methyl sites for hydroxylation is 1. The van der Waals surface area contributed by atoms with Crippen LogP contribution in [0.3, 0.4) is 0 Å². The summed E-state index contributed by atoms with van der Waals surface area (Å²) in [6.07, 6.45) is 7.94. The van der Waals surface area contributed by atoms with E-state index in [-0.39, 0.29) is 11.5 Å². The molecule has 1 aromatic heterocycles. The summed E-state index contributed by atoms with van der Waals surface area (Å²) in [7, 11) is 0. The molecule has 2 aromatic rings. The molecule has 2 aliphatic rings. The molecule has 1 amide bonds. The number of hydrogen-bond acceptors (Lipinski definition) is 3. The van der Waals surface area contributed by atoms with Crippen molar-refractivity contribution >= 4 is 16.7 Å². The first kappa shape index (κ1) is 17.3. The number of aromatic nitrogens is 2. The molecule has 2 atom stereocenters. The van der Waals surface area contributed by atoms with Crippen LogP contribution in [0.4, 0.5) is 0 Å². The van der Waals surface area contributed by atoms with Crippen LogP contribution in [-0.4, -0.2) is 33.2 Å². The summed E-state index contributed by atoms with van der Waals surface area (Å²) >= 11 is 0. The number of hydrogen-bond donors (Lipinski definition) is 0. The number of piperidine rings is 1. The molecule has 0 spiro atoms. The number of benzene rings is 1. The summed E-state index contributed by atoms with van der Waals surface area (Å²) in [6, 6.07) is 7.74. The van der Waals surface area contributed by atoms with Crippen LogP contribution < -0.4 is 5.56 Å². The normalized spacial score (nSPS) is 23.0. The molecule has 26 heavy (non-hydrogen) atoms. The Balaban J connectivity index is 1.78. The fourth-order valence-corrected chi connectivity index (χ4v) is 4.77. The lowest BCUT2D eigenvalue weighted by molar-refractivity contribution is 0.0385. The Morgan fingerprint density at radius 3 is 2.65 bits per heavy atom. The van der Waals surface area contributed by atoms with Crippen LogP contribution in [0.15, 0.2) is 29.1 Å². The molecule has 1 aliphatic heterocycles. The van der Waals surface area contributed by atoms with Crippen molar-refractivity contribution in [2.45, 2.75) is 64.5 Å². The van der Waals surface area contributed by atoms with E-state index in [9.17, 15) is 9.59 Å². The highest BCUT2D eigenvalue weighted by molar-refractivity contribution is 6.04. The molecular formula is C21H27N3O2. The molecule has 0 radical (unpaired) electrons. The van der Waals surface area contributed by atoms with Crippen molar-refractivity contribution in [2.24, 2.45) is 5.92 Å². The number of likely N-dealkylation sites (tertiary alicyclic amines) is 1. The molecule has 0 unspecified atom stereocenters. The fourth-order valence-electron chi connectivity index (χ4n) is 4.77. The minimum absolute atomic E-state index is 0.00246. The van der Waals surface area contributed by atoms with Gasteiger partial charge in [0.05, 0.1) is 5.39 Å². The van der Waals surface area contributed by atoms with Gasteiger partial charge in [-0.15, -0.1) is 0 Å². The van der Waals surface area contributed by atoms with E-state index >= 15 is 0 Å². The van der Waals surface area contributed by atoms with Crippen molar-refractivity contribution < 1.29 is 4.79 Å². The molecule has 2 fully saturated rings. The summed E-state index contributed by atoms with van der Waals surface area (Å²) < 4.78 is 1.47. The van der Waals surface area contributed by atoms with Gasteiger partial charge in [-0.25, -0.2) is 4.68 Å². The second-order valence-electron chi connectivity index (χ2n) is 7.68. The molecule has 138 valence electrons. The lowest BCUT2D eigenvalue weighted by Crippen LogP contribution is -2.50. The molecule has 5 nitrogen and oxygen atoms in total. The van der Waals surface area contributed by atoms with Crippen LogP contribution in [0.25, 0.3) is 10.8 Å². The van der Waals surface area contributed by atoms with Crippen molar-refractivity contribution in [2.75, 3.05) is 6.54 Å². The molecule has 1 saturated heterocycles. The Bertz CT molecular complexity index is 871. The van der Waals surface area contributed by atoms with E-state index in [2.05, 4.69) is 10.00 Å². The first-order valence-electron chi connectivity index (χ1n) is 10.0. The zero-order valence-corrected chi connectivity index (χ0v) is 15.5. The lowest BCUT2D eigenvalue weighted by Gasteiger charge is -2.44. The highest BCUT2D eigenvalue weighted by atomic mass is 16.2. The Labute approximate surface area is 154 Å². The average Bonchev–Trinajstić information content (AvgIpc) is 2.69. The van der Waals surface area contributed by atoms with Gasteiger partial charge in [0.15, 0.2) is 5.69 Å². The van der Waals surface area contributed by atoms with Crippen LogP contribution in [0.1, 0.15) is 62.4 Å². The minimum Gasteiger partial charge on any atom is -0.334 e. The fraction of sp³-hybridized carbons (Fsp3) is 0.571. The number of nitrogens with zero attached hydrogens (tertiary/aromatic N) is 3. The van der Waals surface area contributed by atoms with Gasteiger partial charge < -0.3 is 4.90 Å². The maximum Gasteiger partial charge on any atom is 0.275 e. The predicted molar refractivity (Wildman–Crippen MR) is 102 cm³/mol. The van der Waals surface area contributed by atoms with Crippen molar-refractivity contribution in [3.63, 3.8) is 0 Å². The topological polar surface area (TPSA) is 55.2 Å². The van der Waals surface area contributed by atoms with E-state index in [4.69, 9.17) is 0 Å². The molecule has 1 aliphatic carbocycles.